The van der Waals surface area contributed by atoms with Gasteiger partial charge < -0.3 is 9.14 Å². The lowest BCUT2D eigenvalue weighted by Gasteiger charge is -2.07. The maximum absolute atomic E-state index is 12.3. The Labute approximate surface area is 151 Å². The number of hydrogen-bond acceptors (Lipinski definition) is 5. The molecule has 26 heavy (non-hydrogen) atoms. The summed E-state index contributed by atoms with van der Waals surface area (Å²) in [7, 11) is -3.63. The van der Waals surface area contributed by atoms with Crippen LogP contribution in [0.25, 0.3) is 5.65 Å². The van der Waals surface area contributed by atoms with E-state index in [9.17, 15) is 13.2 Å². The van der Waals surface area contributed by atoms with E-state index < -0.39 is 16.0 Å². The molecule has 3 rings (SSSR count). The first kappa shape index (κ1) is 18.1. The molecule has 0 radical (unpaired) electrons. The van der Waals surface area contributed by atoms with Gasteiger partial charge in [0.2, 0.25) is 10.0 Å². The van der Waals surface area contributed by atoms with Gasteiger partial charge in [-0.3, -0.25) is 0 Å². The molecule has 136 valence electrons. The number of carbonyl (C=O) groups excluding carboxylic acids is 1. The summed E-state index contributed by atoms with van der Waals surface area (Å²) in [5.41, 5.74) is 2.61. The number of aromatic nitrogens is 2. The summed E-state index contributed by atoms with van der Waals surface area (Å²) in [6.07, 6.45) is 3.66. The summed E-state index contributed by atoms with van der Waals surface area (Å²) >= 11 is 0. The fourth-order valence-corrected chi connectivity index (χ4v) is 3.65. The highest BCUT2D eigenvalue weighted by Crippen LogP contribution is 2.14. The molecule has 7 nitrogen and oxygen atoms in total. The molecule has 2 heterocycles. The topological polar surface area (TPSA) is 89.8 Å². The minimum absolute atomic E-state index is 0.00411. The Morgan fingerprint density at radius 3 is 2.81 bits per heavy atom. The predicted molar refractivity (Wildman–Crippen MR) is 96.4 cm³/mol. The Morgan fingerprint density at radius 2 is 2.08 bits per heavy atom. The van der Waals surface area contributed by atoms with E-state index in [0.29, 0.717) is 5.69 Å². The van der Waals surface area contributed by atoms with E-state index in [0.717, 1.165) is 11.2 Å². The standard InChI is InChI=1S/C18H19N3O4S/c1-3-19-26(23,24)16-8-4-7-14(10-16)18(22)25-12-15-11-21-9-5-6-13(2)17(21)20-15/h4-11,19H,3,12H2,1-2H3. The number of benzene rings is 1. The van der Waals surface area contributed by atoms with Gasteiger partial charge in [-0.15, -0.1) is 0 Å². The molecule has 0 unspecified atom stereocenters. The second-order valence-electron chi connectivity index (χ2n) is 5.76. The van der Waals surface area contributed by atoms with Gasteiger partial charge in [-0.05, 0) is 36.8 Å². The summed E-state index contributed by atoms with van der Waals surface area (Å²) in [4.78, 5) is 16.7. The summed E-state index contributed by atoms with van der Waals surface area (Å²) in [5, 5.41) is 0. The van der Waals surface area contributed by atoms with Gasteiger partial charge in [0, 0.05) is 18.9 Å². The SMILES string of the molecule is CCNS(=O)(=O)c1cccc(C(=O)OCc2cn3cccc(C)c3n2)c1. The predicted octanol–water partition coefficient (Wildman–Crippen LogP) is 2.30. The lowest BCUT2D eigenvalue weighted by Crippen LogP contribution is -2.23. The molecule has 0 aliphatic heterocycles. The van der Waals surface area contributed by atoms with Crippen LogP contribution in [0, 0.1) is 6.92 Å². The van der Waals surface area contributed by atoms with E-state index in [4.69, 9.17) is 4.74 Å². The number of nitrogens with zero attached hydrogens (tertiary/aromatic N) is 2. The number of sulfonamides is 1. The monoisotopic (exact) mass is 373 g/mol. The minimum atomic E-state index is -3.63. The number of imidazole rings is 1. The van der Waals surface area contributed by atoms with E-state index in [-0.39, 0.29) is 23.6 Å². The maximum Gasteiger partial charge on any atom is 0.338 e. The van der Waals surface area contributed by atoms with Gasteiger partial charge in [0.1, 0.15) is 12.3 Å². The molecule has 0 saturated carbocycles. The van der Waals surface area contributed by atoms with Crippen molar-refractivity contribution in [2.24, 2.45) is 0 Å². The van der Waals surface area contributed by atoms with Gasteiger partial charge in [0.05, 0.1) is 16.2 Å². The quantitative estimate of drug-likeness (QED) is 0.670. The third-order valence-electron chi connectivity index (χ3n) is 3.79. The number of rotatable bonds is 6. The highest BCUT2D eigenvalue weighted by molar-refractivity contribution is 7.89. The number of pyridine rings is 1. The summed E-state index contributed by atoms with van der Waals surface area (Å²) in [6.45, 7) is 3.91. The van der Waals surface area contributed by atoms with Crippen molar-refractivity contribution >= 4 is 21.6 Å². The lowest BCUT2D eigenvalue weighted by molar-refractivity contribution is 0.0468. The van der Waals surface area contributed by atoms with Crippen LogP contribution in [0.3, 0.4) is 0 Å². The average molecular weight is 373 g/mol. The minimum Gasteiger partial charge on any atom is -0.456 e. The summed E-state index contributed by atoms with van der Waals surface area (Å²) in [6, 6.07) is 9.62. The van der Waals surface area contributed by atoms with Crippen LogP contribution in [0.1, 0.15) is 28.5 Å². The van der Waals surface area contributed by atoms with Gasteiger partial charge in [0.25, 0.3) is 0 Å². The third-order valence-corrected chi connectivity index (χ3v) is 5.34. The van der Waals surface area contributed by atoms with Crippen molar-refractivity contribution in [3.05, 3.63) is 65.6 Å². The Bertz CT molecular complexity index is 1060. The van der Waals surface area contributed by atoms with E-state index in [1.54, 1.807) is 13.1 Å². The zero-order chi connectivity index (χ0) is 18.7. The smallest absolute Gasteiger partial charge is 0.338 e. The molecule has 8 heteroatoms. The normalized spacial score (nSPS) is 11.6. The van der Waals surface area contributed by atoms with E-state index >= 15 is 0 Å². The van der Waals surface area contributed by atoms with Crippen LogP contribution in [0.4, 0.5) is 0 Å². The molecule has 0 amide bonds. The van der Waals surface area contributed by atoms with E-state index in [2.05, 4.69) is 9.71 Å². The van der Waals surface area contributed by atoms with Gasteiger partial charge in [0.15, 0.2) is 0 Å². The van der Waals surface area contributed by atoms with Crippen LogP contribution in [0.2, 0.25) is 0 Å². The summed E-state index contributed by atoms with van der Waals surface area (Å²) < 4.78 is 33.6. The Hall–Kier alpha value is -2.71. The second-order valence-corrected chi connectivity index (χ2v) is 7.53. The van der Waals surface area contributed by atoms with Crippen molar-refractivity contribution < 1.29 is 17.9 Å². The lowest BCUT2D eigenvalue weighted by atomic mass is 10.2. The largest absolute Gasteiger partial charge is 0.456 e. The fraction of sp³-hybridized carbons (Fsp3) is 0.222. The van der Waals surface area contributed by atoms with Crippen molar-refractivity contribution in [1.82, 2.24) is 14.1 Å². The number of esters is 1. The first-order valence-electron chi connectivity index (χ1n) is 8.11. The van der Waals surface area contributed by atoms with Crippen molar-refractivity contribution in [2.45, 2.75) is 25.3 Å². The molecule has 0 saturated heterocycles. The molecule has 0 aliphatic carbocycles. The van der Waals surface area contributed by atoms with Crippen molar-refractivity contribution in [3.8, 4) is 0 Å². The molecule has 0 spiro atoms. The number of aryl methyl sites for hydroxylation is 1. The number of hydrogen-bond donors (Lipinski definition) is 1. The second kappa shape index (κ2) is 7.27. The van der Waals surface area contributed by atoms with Gasteiger partial charge in [-0.25, -0.2) is 22.9 Å². The molecule has 0 fully saturated rings. The number of fused-ring (bicyclic) bond motifs is 1. The van der Waals surface area contributed by atoms with Crippen LogP contribution in [0.5, 0.6) is 0 Å². The first-order chi connectivity index (χ1) is 12.4. The zero-order valence-electron chi connectivity index (χ0n) is 14.5. The van der Waals surface area contributed by atoms with E-state index in [1.165, 1.54) is 24.3 Å². The Balaban J connectivity index is 1.74. The van der Waals surface area contributed by atoms with Gasteiger partial charge in [-0.1, -0.05) is 19.1 Å². The maximum atomic E-state index is 12.3. The molecule has 0 bridgehead atoms. The van der Waals surface area contributed by atoms with Crippen LogP contribution in [-0.4, -0.2) is 30.3 Å². The molecular formula is C18H19N3O4S. The zero-order valence-corrected chi connectivity index (χ0v) is 15.3. The highest BCUT2D eigenvalue weighted by atomic mass is 32.2. The average Bonchev–Trinajstić information content (AvgIpc) is 3.04. The number of carbonyl (C=O) groups is 1. The van der Waals surface area contributed by atoms with Crippen LogP contribution in [-0.2, 0) is 21.4 Å². The van der Waals surface area contributed by atoms with Gasteiger partial charge >= 0.3 is 5.97 Å². The molecule has 1 aromatic carbocycles. The molecule has 2 aromatic heterocycles. The Kier molecular flexibility index (Phi) is 5.06. The Morgan fingerprint density at radius 1 is 1.27 bits per heavy atom. The summed E-state index contributed by atoms with van der Waals surface area (Å²) in [5.74, 6) is -0.604. The highest BCUT2D eigenvalue weighted by Gasteiger charge is 2.16. The molecular weight excluding hydrogens is 354 g/mol. The third kappa shape index (κ3) is 3.76. The number of ether oxygens (including phenoxy) is 1. The molecule has 0 aliphatic rings. The van der Waals surface area contributed by atoms with Crippen molar-refractivity contribution in [3.63, 3.8) is 0 Å². The molecule has 1 N–H and O–H groups in total. The van der Waals surface area contributed by atoms with Gasteiger partial charge in [-0.2, -0.15) is 0 Å². The fourth-order valence-electron chi connectivity index (χ4n) is 2.56. The van der Waals surface area contributed by atoms with Crippen molar-refractivity contribution in [2.75, 3.05) is 6.54 Å². The number of nitrogens with one attached hydrogen (secondary N) is 1. The van der Waals surface area contributed by atoms with Crippen LogP contribution < -0.4 is 4.72 Å². The van der Waals surface area contributed by atoms with Crippen molar-refractivity contribution in [1.29, 1.82) is 0 Å². The van der Waals surface area contributed by atoms with Crippen LogP contribution >= 0.6 is 0 Å². The van der Waals surface area contributed by atoms with E-state index in [1.807, 2.05) is 29.7 Å². The molecule has 0 atom stereocenters. The van der Waals surface area contributed by atoms with Crippen LogP contribution in [0.15, 0.2) is 53.7 Å². The first-order valence-corrected chi connectivity index (χ1v) is 9.59. The molecule has 3 aromatic rings.